The fraction of sp³-hybridized carbons (Fsp3) is 0.143. The van der Waals surface area contributed by atoms with Crippen LogP contribution < -0.4 is 5.73 Å². The number of benzene rings is 3. The second kappa shape index (κ2) is 11.6. The highest BCUT2D eigenvalue weighted by Gasteiger charge is 2.15. The first-order valence-electron chi connectivity index (χ1n) is 10.7. The highest BCUT2D eigenvalue weighted by atomic mass is 16.5. The van der Waals surface area contributed by atoms with Gasteiger partial charge in [-0.1, -0.05) is 60.7 Å². The van der Waals surface area contributed by atoms with Gasteiger partial charge in [-0.3, -0.25) is 0 Å². The van der Waals surface area contributed by atoms with Crippen molar-refractivity contribution in [2.45, 2.75) is 12.8 Å². The molecule has 0 saturated heterocycles. The second-order valence-electron chi connectivity index (χ2n) is 7.60. The average Bonchev–Trinajstić information content (AvgIpc) is 2.84. The summed E-state index contributed by atoms with van der Waals surface area (Å²) in [5, 5.41) is 16.7. The molecule has 33 heavy (non-hydrogen) atoms. The van der Waals surface area contributed by atoms with Crippen molar-refractivity contribution in [3.05, 3.63) is 107 Å². The maximum Gasteiger partial charge on any atom is 0.328 e. The van der Waals surface area contributed by atoms with Crippen LogP contribution in [0.15, 0.2) is 78.9 Å². The number of hydrogen-bond donors (Lipinski definition) is 3. The van der Waals surface area contributed by atoms with E-state index in [9.17, 15) is 4.79 Å². The molecule has 3 aromatic rings. The Bertz CT molecular complexity index is 1160. The molecule has 0 aliphatic carbocycles. The van der Waals surface area contributed by atoms with Crippen molar-refractivity contribution in [2.75, 3.05) is 19.5 Å². The lowest BCUT2D eigenvalue weighted by atomic mass is 9.86. The highest BCUT2D eigenvalue weighted by molar-refractivity contribution is 6.00. The molecule has 0 aliphatic rings. The Kier molecular flexibility index (Phi) is 8.33. The molecule has 0 fully saturated rings. The minimum absolute atomic E-state index is 0.558. The molecular weight excluding hydrogens is 412 g/mol. The van der Waals surface area contributed by atoms with E-state index in [2.05, 4.69) is 12.1 Å². The number of carboxylic acid groups (broad SMARTS) is 1. The lowest BCUT2D eigenvalue weighted by Gasteiger charge is -2.18. The normalized spacial score (nSPS) is 11.9. The number of rotatable bonds is 10. The topological polar surface area (TPSA) is 96.4 Å². The third kappa shape index (κ3) is 6.28. The predicted octanol–water partition coefficient (Wildman–Crippen LogP) is 5.75. The molecule has 0 atom stereocenters. The SMILES string of the molecule is COCCC/C(=C(/c1ccc(/C=C/C(=O)O)cc1)c1ccc(N)c(C=N)c1)c1ccccc1. The number of nitrogen functional groups attached to an aromatic ring is 1. The van der Waals surface area contributed by atoms with Crippen molar-refractivity contribution in [1.82, 2.24) is 0 Å². The number of allylic oxidation sites excluding steroid dienone is 1. The van der Waals surface area contributed by atoms with Crippen molar-refractivity contribution in [2.24, 2.45) is 0 Å². The van der Waals surface area contributed by atoms with E-state index in [4.69, 9.17) is 21.0 Å². The van der Waals surface area contributed by atoms with Gasteiger partial charge in [0.05, 0.1) is 0 Å². The van der Waals surface area contributed by atoms with Crippen molar-refractivity contribution >= 4 is 35.1 Å². The van der Waals surface area contributed by atoms with E-state index in [-0.39, 0.29) is 0 Å². The van der Waals surface area contributed by atoms with Crippen LogP contribution in [-0.2, 0) is 9.53 Å². The maximum atomic E-state index is 10.9. The molecule has 0 aromatic heterocycles. The Morgan fingerprint density at radius 2 is 1.70 bits per heavy atom. The molecule has 0 saturated carbocycles. The Morgan fingerprint density at radius 1 is 1.00 bits per heavy atom. The Labute approximate surface area is 194 Å². The molecule has 0 amide bonds. The number of ether oxygens (including phenoxy) is 1. The van der Waals surface area contributed by atoms with Crippen LogP contribution in [0.2, 0.25) is 0 Å². The van der Waals surface area contributed by atoms with Crippen molar-refractivity contribution < 1.29 is 14.6 Å². The molecule has 168 valence electrons. The van der Waals surface area contributed by atoms with Crippen LogP contribution in [0, 0.1) is 5.41 Å². The molecule has 4 N–H and O–H groups in total. The van der Waals surface area contributed by atoms with Gasteiger partial charge in [-0.05, 0) is 64.5 Å². The van der Waals surface area contributed by atoms with E-state index in [1.165, 1.54) is 11.8 Å². The molecule has 3 rings (SSSR count). The first kappa shape index (κ1) is 23.7. The largest absolute Gasteiger partial charge is 0.478 e. The van der Waals surface area contributed by atoms with Gasteiger partial charge in [-0.25, -0.2) is 4.79 Å². The molecule has 0 unspecified atom stereocenters. The number of nitrogens with one attached hydrogen (secondary N) is 1. The summed E-state index contributed by atoms with van der Waals surface area (Å²) >= 11 is 0. The van der Waals surface area contributed by atoms with Crippen molar-refractivity contribution in [3.63, 3.8) is 0 Å². The zero-order chi connectivity index (χ0) is 23.6. The monoisotopic (exact) mass is 440 g/mol. The lowest BCUT2D eigenvalue weighted by molar-refractivity contribution is -0.131. The fourth-order valence-electron chi connectivity index (χ4n) is 3.75. The Hall–Kier alpha value is -3.96. The van der Waals surface area contributed by atoms with Crippen molar-refractivity contribution in [3.8, 4) is 0 Å². The summed E-state index contributed by atoms with van der Waals surface area (Å²) in [5.41, 5.74) is 13.4. The van der Waals surface area contributed by atoms with Gasteiger partial charge in [0, 0.05) is 37.3 Å². The number of carboxylic acids is 1. The fourth-order valence-corrected chi connectivity index (χ4v) is 3.75. The summed E-state index contributed by atoms with van der Waals surface area (Å²) in [5.74, 6) is -0.981. The summed E-state index contributed by atoms with van der Waals surface area (Å²) in [4.78, 5) is 10.9. The van der Waals surface area contributed by atoms with Crippen LogP contribution in [0.1, 0.15) is 40.7 Å². The predicted molar refractivity (Wildman–Crippen MR) is 135 cm³/mol. The summed E-state index contributed by atoms with van der Waals surface area (Å²) in [6.07, 6.45) is 5.63. The highest BCUT2D eigenvalue weighted by Crippen LogP contribution is 2.36. The van der Waals surface area contributed by atoms with E-state index in [0.29, 0.717) is 17.9 Å². The molecule has 0 heterocycles. The number of methoxy groups -OCH3 is 1. The first-order valence-corrected chi connectivity index (χ1v) is 10.7. The Balaban J connectivity index is 2.22. The zero-order valence-electron chi connectivity index (χ0n) is 18.6. The molecule has 5 heteroatoms. The zero-order valence-corrected chi connectivity index (χ0v) is 18.6. The molecule has 3 aromatic carbocycles. The van der Waals surface area contributed by atoms with Crippen LogP contribution in [0.4, 0.5) is 5.69 Å². The minimum atomic E-state index is -0.981. The smallest absolute Gasteiger partial charge is 0.328 e. The van der Waals surface area contributed by atoms with Gasteiger partial charge >= 0.3 is 5.97 Å². The van der Waals surface area contributed by atoms with E-state index >= 15 is 0 Å². The summed E-state index contributed by atoms with van der Waals surface area (Å²) in [7, 11) is 1.70. The summed E-state index contributed by atoms with van der Waals surface area (Å²) in [6, 6.07) is 23.8. The molecule has 5 nitrogen and oxygen atoms in total. The van der Waals surface area contributed by atoms with Gasteiger partial charge in [0.1, 0.15) is 0 Å². The van der Waals surface area contributed by atoms with Gasteiger partial charge in [-0.15, -0.1) is 0 Å². The Morgan fingerprint density at radius 3 is 2.33 bits per heavy atom. The quantitative estimate of drug-likeness (QED) is 0.123. The molecule has 0 bridgehead atoms. The van der Waals surface area contributed by atoms with Gasteiger partial charge in [0.15, 0.2) is 0 Å². The number of nitrogens with two attached hydrogens (primary N) is 1. The molecular formula is C28H28N2O3. The summed E-state index contributed by atoms with van der Waals surface area (Å²) < 4.78 is 5.31. The molecule has 0 aliphatic heterocycles. The number of anilines is 1. The van der Waals surface area contributed by atoms with E-state index in [1.54, 1.807) is 13.2 Å². The first-order chi connectivity index (χ1) is 16.0. The third-order valence-electron chi connectivity index (χ3n) is 5.35. The summed E-state index contributed by atoms with van der Waals surface area (Å²) in [6.45, 7) is 0.649. The second-order valence-corrected chi connectivity index (χ2v) is 7.60. The number of carbonyl (C=O) groups is 1. The van der Waals surface area contributed by atoms with Crippen LogP contribution in [0.5, 0.6) is 0 Å². The van der Waals surface area contributed by atoms with E-state index in [1.807, 2.05) is 60.7 Å². The molecule has 0 spiro atoms. The molecule has 0 radical (unpaired) electrons. The van der Waals surface area contributed by atoms with Crippen LogP contribution >= 0.6 is 0 Å². The van der Waals surface area contributed by atoms with Gasteiger partial charge < -0.3 is 21.0 Å². The maximum absolute atomic E-state index is 10.9. The van der Waals surface area contributed by atoms with Gasteiger partial charge in [-0.2, -0.15) is 0 Å². The van der Waals surface area contributed by atoms with Gasteiger partial charge in [0.25, 0.3) is 0 Å². The van der Waals surface area contributed by atoms with E-state index in [0.717, 1.165) is 46.7 Å². The third-order valence-corrected chi connectivity index (χ3v) is 5.35. The van der Waals surface area contributed by atoms with Crippen LogP contribution in [0.25, 0.3) is 17.2 Å². The lowest BCUT2D eigenvalue weighted by Crippen LogP contribution is -2.00. The average molecular weight is 441 g/mol. The van der Waals surface area contributed by atoms with Crippen LogP contribution in [0.3, 0.4) is 0 Å². The van der Waals surface area contributed by atoms with Crippen molar-refractivity contribution in [1.29, 1.82) is 5.41 Å². The van der Waals surface area contributed by atoms with Gasteiger partial charge in [0.2, 0.25) is 0 Å². The van der Waals surface area contributed by atoms with E-state index < -0.39 is 5.97 Å². The minimum Gasteiger partial charge on any atom is -0.478 e. The number of hydrogen-bond acceptors (Lipinski definition) is 4. The van der Waals surface area contributed by atoms with Crippen LogP contribution in [-0.4, -0.2) is 31.0 Å². The number of aliphatic carboxylic acids is 1. The standard InChI is InChI=1S/C28H28N2O3/c1-33-17-5-8-25(21-6-3-2-4-7-21)28(23-14-15-26(30)24(18-23)19-29)22-12-9-20(10-13-22)11-16-27(31)32/h2-4,6-7,9-16,18-19,29H,5,8,17,30H2,1H3,(H,31,32)/b16-11+,28-25+,29-19?.